The first-order chi connectivity index (χ1) is 16.1. The highest BCUT2D eigenvalue weighted by molar-refractivity contribution is 7.16. The Morgan fingerprint density at radius 1 is 1.06 bits per heavy atom. The van der Waals surface area contributed by atoms with E-state index in [0.717, 1.165) is 10.5 Å². The molecular weight excluding hydrogens is 436 g/mol. The number of carbonyl (C=O) groups is 1. The second kappa shape index (κ2) is 8.44. The van der Waals surface area contributed by atoms with Crippen molar-refractivity contribution in [3.63, 3.8) is 0 Å². The summed E-state index contributed by atoms with van der Waals surface area (Å²) in [5, 5.41) is 7.09. The average Bonchev–Trinajstić information content (AvgIpc) is 3.33. The largest absolute Gasteiger partial charge is 0.360 e. The number of hydrogen-bond acceptors (Lipinski definition) is 7. The van der Waals surface area contributed by atoms with E-state index in [-0.39, 0.29) is 17.5 Å². The van der Waals surface area contributed by atoms with E-state index in [9.17, 15) is 9.59 Å². The van der Waals surface area contributed by atoms with Gasteiger partial charge in [-0.1, -0.05) is 30.3 Å². The maximum Gasteiger partial charge on any atom is 0.264 e. The van der Waals surface area contributed by atoms with Gasteiger partial charge in [-0.2, -0.15) is 0 Å². The van der Waals surface area contributed by atoms with Crippen LogP contribution in [0.2, 0.25) is 0 Å². The van der Waals surface area contributed by atoms with E-state index >= 15 is 0 Å². The predicted molar refractivity (Wildman–Crippen MR) is 130 cm³/mol. The zero-order chi connectivity index (χ0) is 22.9. The number of pyridine rings is 1. The smallest absolute Gasteiger partial charge is 0.264 e. The quantitative estimate of drug-likeness (QED) is 0.416. The Balaban J connectivity index is 1.73. The minimum atomic E-state index is -0.303. The summed E-state index contributed by atoms with van der Waals surface area (Å²) in [4.78, 5) is 40.1. The molecule has 3 heterocycles. The van der Waals surface area contributed by atoms with Crippen LogP contribution in [0.5, 0.6) is 0 Å². The van der Waals surface area contributed by atoms with Crippen molar-refractivity contribution < 1.29 is 4.79 Å². The first-order valence-electron chi connectivity index (χ1n) is 10.4. The lowest BCUT2D eigenvalue weighted by atomic mass is 10.0. The van der Waals surface area contributed by atoms with Crippen molar-refractivity contribution in [1.29, 1.82) is 0 Å². The van der Waals surface area contributed by atoms with Gasteiger partial charge in [0.15, 0.2) is 5.82 Å². The van der Waals surface area contributed by atoms with Crippen LogP contribution in [0, 0.1) is 0 Å². The number of nitrogens with one attached hydrogen (secondary N) is 2. The molecule has 2 aromatic carbocycles. The third-order valence-corrected chi connectivity index (χ3v) is 6.23. The number of carbonyl (C=O) groups excluding carboxylic acids is 1. The lowest BCUT2D eigenvalue weighted by Crippen LogP contribution is -2.28. The molecule has 33 heavy (non-hydrogen) atoms. The molecule has 2 N–H and O–H groups in total. The van der Waals surface area contributed by atoms with Crippen LogP contribution in [0.4, 0.5) is 5.82 Å². The summed E-state index contributed by atoms with van der Waals surface area (Å²) >= 11 is 1.44. The monoisotopic (exact) mass is 456 g/mol. The van der Waals surface area contributed by atoms with Gasteiger partial charge in [0, 0.05) is 18.4 Å². The van der Waals surface area contributed by atoms with Crippen molar-refractivity contribution in [2.45, 2.75) is 13.0 Å². The molecule has 164 valence electrons. The Morgan fingerprint density at radius 3 is 2.67 bits per heavy atom. The molecule has 5 rings (SSSR count). The third kappa shape index (κ3) is 3.62. The van der Waals surface area contributed by atoms with Crippen LogP contribution >= 0.6 is 11.3 Å². The second-order valence-electron chi connectivity index (χ2n) is 7.49. The molecule has 0 bridgehead atoms. The number of aromatic nitrogens is 4. The highest BCUT2D eigenvalue weighted by Crippen LogP contribution is 2.28. The number of anilines is 1. The minimum absolute atomic E-state index is 0.261. The molecule has 0 saturated carbocycles. The zero-order valence-electron chi connectivity index (χ0n) is 17.9. The van der Waals surface area contributed by atoms with Crippen LogP contribution in [-0.2, 0) is 0 Å². The summed E-state index contributed by atoms with van der Waals surface area (Å²) in [6.45, 7) is 1.96. The van der Waals surface area contributed by atoms with Crippen molar-refractivity contribution in [3.05, 3.63) is 88.0 Å². The summed E-state index contributed by atoms with van der Waals surface area (Å²) in [7, 11) is 1.55. The Hall–Kier alpha value is -4.11. The molecule has 3 aromatic heterocycles. The fourth-order valence-corrected chi connectivity index (χ4v) is 4.57. The number of para-hydroxylation sites is 1. The van der Waals surface area contributed by atoms with Crippen molar-refractivity contribution in [2.75, 3.05) is 12.4 Å². The van der Waals surface area contributed by atoms with Gasteiger partial charge in [0.1, 0.15) is 16.7 Å². The fraction of sp³-hybridized carbons (Fsp3) is 0.125. The number of thiazole rings is 1. The molecule has 5 aromatic rings. The van der Waals surface area contributed by atoms with E-state index in [0.29, 0.717) is 33.4 Å². The molecule has 1 atom stereocenters. The van der Waals surface area contributed by atoms with Crippen LogP contribution in [0.15, 0.2) is 71.2 Å². The first kappa shape index (κ1) is 20.8. The topological polar surface area (TPSA) is 102 Å². The maximum atomic E-state index is 13.8. The average molecular weight is 457 g/mol. The molecule has 0 aliphatic heterocycles. The summed E-state index contributed by atoms with van der Waals surface area (Å²) < 4.78 is 1.64. The van der Waals surface area contributed by atoms with E-state index in [1.807, 2.05) is 49.4 Å². The second-order valence-corrected chi connectivity index (χ2v) is 8.32. The van der Waals surface area contributed by atoms with E-state index in [2.05, 4.69) is 25.6 Å². The van der Waals surface area contributed by atoms with E-state index < -0.39 is 0 Å². The SMILES string of the molecule is CNC(=O)c1cccc2cc([C@H](C)Nc3ncnc4scnc34)n(-c3ccccc3)c(=O)c12. The Kier molecular flexibility index (Phi) is 5.31. The summed E-state index contributed by atoms with van der Waals surface area (Å²) in [5.74, 6) is 0.295. The van der Waals surface area contributed by atoms with Crippen molar-refractivity contribution >= 4 is 44.2 Å². The maximum absolute atomic E-state index is 13.8. The first-order valence-corrected chi connectivity index (χ1v) is 11.2. The molecular formula is C24H20N6O2S. The minimum Gasteiger partial charge on any atom is -0.360 e. The number of amides is 1. The van der Waals surface area contributed by atoms with Gasteiger partial charge in [-0.3, -0.25) is 14.2 Å². The Morgan fingerprint density at radius 2 is 1.88 bits per heavy atom. The van der Waals surface area contributed by atoms with Gasteiger partial charge < -0.3 is 10.6 Å². The van der Waals surface area contributed by atoms with E-state index in [1.165, 1.54) is 17.7 Å². The molecule has 1 amide bonds. The van der Waals surface area contributed by atoms with E-state index in [4.69, 9.17) is 0 Å². The third-order valence-electron chi connectivity index (χ3n) is 5.49. The normalized spacial score (nSPS) is 12.1. The molecule has 0 spiro atoms. The lowest BCUT2D eigenvalue weighted by molar-refractivity contribution is 0.0964. The van der Waals surface area contributed by atoms with Crippen LogP contribution in [0.3, 0.4) is 0 Å². The van der Waals surface area contributed by atoms with E-state index in [1.54, 1.807) is 29.3 Å². The summed E-state index contributed by atoms with van der Waals surface area (Å²) in [6.07, 6.45) is 1.50. The highest BCUT2D eigenvalue weighted by Gasteiger charge is 2.21. The number of fused-ring (bicyclic) bond motifs is 2. The van der Waals surface area contributed by atoms with Crippen LogP contribution < -0.4 is 16.2 Å². The number of rotatable bonds is 5. The standard InChI is InChI=1S/C24H20N6O2S/c1-14(29-21-20-23(27-12-26-21)33-13-28-20)18-11-15-7-6-10-17(22(31)25-2)19(15)24(32)30(18)16-8-4-3-5-9-16/h3-14H,1-2H3,(H,25,31)(H,26,27,29)/t14-/m0/s1. The van der Waals surface area contributed by atoms with Gasteiger partial charge in [0.05, 0.1) is 22.5 Å². The lowest BCUT2D eigenvalue weighted by Gasteiger charge is -2.22. The Labute approximate surface area is 193 Å². The molecule has 0 saturated heterocycles. The van der Waals surface area contributed by atoms with Gasteiger partial charge in [-0.15, -0.1) is 11.3 Å². The molecule has 8 nitrogen and oxygen atoms in total. The predicted octanol–water partition coefficient (Wildman–Crippen LogP) is 3.92. The molecule has 0 unspecified atom stereocenters. The zero-order valence-corrected chi connectivity index (χ0v) is 18.8. The van der Waals surface area contributed by atoms with Gasteiger partial charge in [-0.25, -0.2) is 15.0 Å². The van der Waals surface area contributed by atoms with Gasteiger partial charge >= 0.3 is 0 Å². The van der Waals surface area contributed by atoms with Crippen molar-refractivity contribution in [3.8, 4) is 5.69 Å². The highest BCUT2D eigenvalue weighted by atomic mass is 32.1. The Bertz CT molecular complexity index is 1540. The van der Waals surface area contributed by atoms with Crippen LogP contribution in [0.25, 0.3) is 26.8 Å². The molecule has 0 radical (unpaired) electrons. The molecule has 0 fully saturated rings. The number of benzene rings is 2. The van der Waals surface area contributed by atoms with Crippen molar-refractivity contribution in [2.24, 2.45) is 0 Å². The number of hydrogen-bond donors (Lipinski definition) is 2. The number of nitrogens with zero attached hydrogens (tertiary/aromatic N) is 4. The summed E-state index contributed by atoms with van der Waals surface area (Å²) in [6, 6.07) is 16.3. The van der Waals surface area contributed by atoms with Crippen LogP contribution in [0.1, 0.15) is 29.0 Å². The van der Waals surface area contributed by atoms with Gasteiger partial charge in [-0.05, 0) is 36.6 Å². The molecule has 0 aliphatic carbocycles. The van der Waals surface area contributed by atoms with Gasteiger partial charge in [0.2, 0.25) is 0 Å². The van der Waals surface area contributed by atoms with Crippen LogP contribution in [-0.4, -0.2) is 32.5 Å². The van der Waals surface area contributed by atoms with Gasteiger partial charge in [0.25, 0.3) is 11.5 Å². The molecule has 0 aliphatic rings. The molecule has 9 heteroatoms. The van der Waals surface area contributed by atoms with Crippen molar-refractivity contribution in [1.82, 2.24) is 24.8 Å². The fourth-order valence-electron chi connectivity index (χ4n) is 3.95. The summed E-state index contributed by atoms with van der Waals surface area (Å²) in [5.41, 5.74) is 3.94.